The molecule has 9 nitrogen and oxygen atoms in total. The third-order valence-electron chi connectivity index (χ3n) is 8.44. The third-order valence-corrected chi connectivity index (χ3v) is 8.44. The molecule has 0 spiro atoms. The van der Waals surface area contributed by atoms with E-state index in [1.807, 2.05) is 17.0 Å². The maximum absolute atomic E-state index is 13.8. The van der Waals surface area contributed by atoms with Gasteiger partial charge < -0.3 is 19.2 Å². The number of fused-ring (bicyclic) bond motifs is 1. The van der Waals surface area contributed by atoms with Gasteiger partial charge in [0.1, 0.15) is 11.6 Å². The monoisotopic (exact) mass is 566 g/mol. The molecule has 1 saturated heterocycles. The van der Waals surface area contributed by atoms with Crippen molar-refractivity contribution in [3.8, 4) is 5.75 Å². The van der Waals surface area contributed by atoms with E-state index in [2.05, 4.69) is 49.0 Å². The molecule has 0 radical (unpaired) electrons. The number of aromatic nitrogens is 2. The van der Waals surface area contributed by atoms with Gasteiger partial charge in [0.2, 0.25) is 5.91 Å². The quantitative estimate of drug-likeness (QED) is 0.260. The Morgan fingerprint density at radius 1 is 1.12 bits per heavy atom. The summed E-state index contributed by atoms with van der Waals surface area (Å²) < 4.78 is 6.61. The van der Waals surface area contributed by atoms with Crippen LogP contribution in [0.5, 0.6) is 5.75 Å². The zero-order valence-corrected chi connectivity index (χ0v) is 25.3. The van der Waals surface area contributed by atoms with Crippen molar-refractivity contribution in [3.63, 3.8) is 0 Å². The van der Waals surface area contributed by atoms with Crippen molar-refractivity contribution in [1.82, 2.24) is 19.8 Å². The Morgan fingerprint density at radius 3 is 2.59 bits per heavy atom. The summed E-state index contributed by atoms with van der Waals surface area (Å²) in [5, 5.41) is 10.5. The summed E-state index contributed by atoms with van der Waals surface area (Å²) >= 11 is 0. The molecule has 41 heavy (non-hydrogen) atoms. The fraction of sp³-hybridized carbons (Fsp3) is 0.625. The van der Waals surface area contributed by atoms with Gasteiger partial charge in [-0.05, 0) is 48.9 Å². The van der Waals surface area contributed by atoms with E-state index in [-0.39, 0.29) is 24.4 Å². The SMILES string of the molecule is CCCCN(CCCC[N+](C)(C)C)C(=O)CN1CC(c2ccc3c(c2)CCO3)C(C(=O)O)C1CCc1ncccn1. The van der Waals surface area contributed by atoms with Gasteiger partial charge in [0.05, 0.1) is 46.8 Å². The van der Waals surface area contributed by atoms with Crippen LogP contribution in [0.25, 0.3) is 0 Å². The highest BCUT2D eigenvalue weighted by Gasteiger charge is 2.47. The number of carbonyl (C=O) groups is 2. The number of aliphatic carboxylic acids is 1. The Kier molecular flexibility index (Phi) is 10.7. The predicted octanol–water partition coefficient (Wildman–Crippen LogP) is 3.63. The largest absolute Gasteiger partial charge is 0.493 e. The van der Waals surface area contributed by atoms with Crippen LogP contribution >= 0.6 is 0 Å². The molecule has 2 aliphatic heterocycles. The first-order valence-electron chi connectivity index (χ1n) is 15.2. The molecule has 2 aromatic rings. The fourth-order valence-electron chi connectivity index (χ4n) is 6.24. The van der Waals surface area contributed by atoms with Crippen molar-refractivity contribution in [2.45, 2.75) is 63.8 Å². The number of benzene rings is 1. The second kappa shape index (κ2) is 14.2. The molecule has 2 aliphatic rings. The van der Waals surface area contributed by atoms with E-state index in [9.17, 15) is 14.7 Å². The van der Waals surface area contributed by atoms with Gasteiger partial charge in [-0.15, -0.1) is 0 Å². The van der Waals surface area contributed by atoms with E-state index in [4.69, 9.17) is 4.74 Å². The topological polar surface area (TPSA) is 95.9 Å². The number of carbonyl (C=O) groups excluding carboxylic acids is 1. The van der Waals surface area contributed by atoms with Crippen LogP contribution in [0.2, 0.25) is 0 Å². The molecule has 1 fully saturated rings. The van der Waals surface area contributed by atoms with Gasteiger partial charge in [-0.2, -0.15) is 0 Å². The van der Waals surface area contributed by atoms with Gasteiger partial charge in [0, 0.05) is 56.8 Å². The average Bonchev–Trinajstić information content (AvgIpc) is 3.55. The highest BCUT2D eigenvalue weighted by molar-refractivity contribution is 5.79. The lowest BCUT2D eigenvalue weighted by molar-refractivity contribution is -0.870. The van der Waals surface area contributed by atoms with Gasteiger partial charge in [-0.1, -0.05) is 25.5 Å². The molecular weight excluding hydrogens is 518 g/mol. The lowest BCUT2D eigenvalue weighted by Crippen LogP contribution is -2.45. The molecule has 3 atom stereocenters. The summed E-state index contributed by atoms with van der Waals surface area (Å²) in [6, 6.07) is 7.59. The van der Waals surface area contributed by atoms with Crippen molar-refractivity contribution in [2.75, 3.05) is 60.5 Å². The van der Waals surface area contributed by atoms with Gasteiger partial charge >= 0.3 is 5.97 Å². The second-order valence-electron chi connectivity index (χ2n) is 12.6. The average molecular weight is 567 g/mol. The number of aryl methyl sites for hydroxylation is 1. The van der Waals surface area contributed by atoms with Gasteiger partial charge in [-0.3, -0.25) is 14.5 Å². The maximum atomic E-state index is 13.8. The lowest BCUT2D eigenvalue weighted by atomic mass is 9.83. The van der Waals surface area contributed by atoms with E-state index in [0.717, 1.165) is 73.1 Å². The number of nitrogens with zero attached hydrogens (tertiary/aromatic N) is 5. The summed E-state index contributed by atoms with van der Waals surface area (Å²) in [7, 11) is 6.58. The van der Waals surface area contributed by atoms with E-state index in [1.54, 1.807) is 18.5 Å². The zero-order valence-electron chi connectivity index (χ0n) is 25.3. The molecular formula is C32H48N5O4+. The molecule has 4 rings (SSSR count). The van der Waals surface area contributed by atoms with Crippen molar-refractivity contribution in [2.24, 2.45) is 5.92 Å². The minimum absolute atomic E-state index is 0.0943. The third kappa shape index (κ3) is 8.49. The maximum Gasteiger partial charge on any atom is 0.308 e. The van der Waals surface area contributed by atoms with Crippen LogP contribution in [0.3, 0.4) is 0 Å². The van der Waals surface area contributed by atoms with Crippen molar-refractivity contribution in [1.29, 1.82) is 0 Å². The number of unbranched alkanes of at least 4 members (excludes halogenated alkanes) is 2. The zero-order chi connectivity index (χ0) is 29.4. The first-order valence-corrected chi connectivity index (χ1v) is 15.2. The summed E-state index contributed by atoms with van der Waals surface area (Å²) in [6.45, 7) is 6.12. The number of rotatable bonds is 15. The number of carboxylic acids is 1. The molecule has 1 aromatic heterocycles. The highest BCUT2D eigenvalue weighted by atomic mass is 16.5. The standard InChI is InChI=1S/C32H47N5O4/c1-5-6-17-35(18-7-8-19-37(2,3)4)30(38)23-36-22-26(24-10-12-28-25(21-24)14-20-41-28)31(32(39)40)27(36)11-13-29-33-15-9-16-34-29/h9-10,12,15-16,21,26-27,31H,5-8,11,13-14,17-20,22-23H2,1-4H3/p+1. The van der Waals surface area contributed by atoms with Gasteiger partial charge in [0.25, 0.3) is 0 Å². The summed E-state index contributed by atoms with van der Waals surface area (Å²) in [5.74, 6) is 0.0332. The van der Waals surface area contributed by atoms with Gasteiger partial charge in [-0.25, -0.2) is 9.97 Å². The summed E-state index contributed by atoms with van der Waals surface area (Å²) in [6.07, 6.45) is 9.44. The van der Waals surface area contributed by atoms with Crippen LogP contribution in [-0.2, 0) is 22.4 Å². The van der Waals surface area contributed by atoms with Gasteiger partial charge in [0.15, 0.2) is 0 Å². The first-order chi connectivity index (χ1) is 19.7. The molecule has 0 aliphatic carbocycles. The number of ether oxygens (including phenoxy) is 1. The molecule has 1 aromatic carbocycles. The van der Waals surface area contributed by atoms with Crippen molar-refractivity contribution in [3.05, 3.63) is 53.6 Å². The molecule has 0 saturated carbocycles. The second-order valence-corrected chi connectivity index (χ2v) is 12.6. The molecule has 1 amide bonds. The highest BCUT2D eigenvalue weighted by Crippen LogP contribution is 2.41. The van der Waals surface area contributed by atoms with Crippen LogP contribution in [0.15, 0.2) is 36.7 Å². The molecule has 3 unspecified atom stereocenters. The van der Waals surface area contributed by atoms with E-state index >= 15 is 0 Å². The minimum atomic E-state index is -0.816. The summed E-state index contributed by atoms with van der Waals surface area (Å²) in [4.78, 5) is 39.5. The Hall–Kier alpha value is -3.04. The molecule has 0 bridgehead atoms. The Morgan fingerprint density at radius 2 is 1.88 bits per heavy atom. The van der Waals surface area contributed by atoms with E-state index in [0.29, 0.717) is 31.8 Å². The first kappa shape index (κ1) is 30.9. The normalized spacial score (nSPS) is 20.5. The van der Waals surface area contributed by atoms with Crippen LogP contribution in [0.1, 0.15) is 61.9 Å². The molecule has 1 N–H and O–H groups in total. The number of quaternary nitrogens is 1. The molecule has 3 heterocycles. The Bertz CT molecular complexity index is 1150. The predicted molar refractivity (Wildman–Crippen MR) is 159 cm³/mol. The van der Waals surface area contributed by atoms with Crippen molar-refractivity contribution < 1.29 is 23.9 Å². The van der Waals surface area contributed by atoms with Crippen LogP contribution in [-0.4, -0.2) is 108 Å². The minimum Gasteiger partial charge on any atom is -0.493 e. The number of carboxylic acid groups (broad SMARTS) is 1. The van der Waals surface area contributed by atoms with Crippen LogP contribution in [0.4, 0.5) is 0 Å². The number of hydrogen-bond donors (Lipinski definition) is 1. The fourth-order valence-corrected chi connectivity index (χ4v) is 6.24. The number of likely N-dealkylation sites (tertiary alicyclic amines) is 1. The van der Waals surface area contributed by atoms with Crippen molar-refractivity contribution >= 4 is 11.9 Å². The lowest BCUT2D eigenvalue weighted by Gasteiger charge is -2.30. The smallest absolute Gasteiger partial charge is 0.308 e. The van der Waals surface area contributed by atoms with Crippen LogP contribution < -0.4 is 4.74 Å². The summed E-state index contributed by atoms with van der Waals surface area (Å²) in [5.41, 5.74) is 2.15. The van der Waals surface area contributed by atoms with E-state index in [1.165, 1.54) is 0 Å². The number of amides is 1. The van der Waals surface area contributed by atoms with E-state index < -0.39 is 11.9 Å². The Balaban J connectivity index is 1.54. The van der Waals surface area contributed by atoms with Crippen LogP contribution in [0, 0.1) is 5.92 Å². The Labute approximate surface area is 245 Å². The molecule has 224 valence electrons. The molecule has 9 heteroatoms. The number of hydrogen-bond acceptors (Lipinski definition) is 6.